The molecule has 0 radical (unpaired) electrons. The monoisotopic (exact) mass is 421 g/mol. The van der Waals surface area contributed by atoms with Gasteiger partial charge in [-0.05, 0) is 61.9 Å². The third-order valence-corrected chi connectivity index (χ3v) is 7.63. The van der Waals surface area contributed by atoms with Crippen LogP contribution in [0.3, 0.4) is 0 Å². The molecule has 0 aliphatic carbocycles. The van der Waals surface area contributed by atoms with Gasteiger partial charge in [-0.3, -0.25) is 4.79 Å². The summed E-state index contributed by atoms with van der Waals surface area (Å²) in [6.07, 6.45) is 2.72. The molecule has 2 unspecified atom stereocenters. The van der Waals surface area contributed by atoms with Gasteiger partial charge < -0.3 is 5.41 Å². The lowest BCUT2D eigenvalue weighted by atomic mass is 9.71. The molecule has 150 valence electrons. The molecule has 3 rings (SSSR count). The van der Waals surface area contributed by atoms with E-state index in [0.29, 0.717) is 12.1 Å². The predicted octanol–water partition coefficient (Wildman–Crippen LogP) is 7.08. The van der Waals surface area contributed by atoms with Crippen LogP contribution >= 0.6 is 23.1 Å². The lowest BCUT2D eigenvalue weighted by molar-refractivity contribution is -0.124. The van der Waals surface area contributed by atoms with Crippen molar-refractivity contribution in [1.29, 1.82) is 5.41 Å². The number of Topliss-reactive ketones (excluding diaryl/α,β-unsaturated/α-hetero) is 1. The van der Waals surface area contributed by atoms with Gasteiger partial charge >= 0.3 is 0 Å². The van der Waals surface area contributed by atoms with Gasteiger partial charge in [0.05, 0.1) is 11.3 Å². The molecular weight excluding hydrogens is 394 g/mol. The third-order valence-electron chi connectivity index (χ3n) is 5.54. The van der Waals surface area contributed by atoms with Gasteiger partial charge in [-0.15, -0.1) is 23.1 Å². The SMILES string of the molecule is CCC(C(C)=N)C(=O)C(C)(c1ccccc1)c1ccc(-c2cccc(SC)c2)s1. The zero-order valence-corrected chi connectivity index (χ0v) is 19.0. The Labute approximate surface area is 181 Å². The van der Waals surface area contributed by atoms with Crippen molar-refractivity contribution in [3.63, 3.8) is 0 Å². The number of nitrogens with one attached hydrogen (secondary N) is 1. The van der Waals surface area contributed by atoms with Crippen LogP contribution in [0.4, 0.5) is 0 Å². The number of thiophene rings is 1. The normalized spacial score (nSPS) is 14.2. The third kappa shape index (κ3) is 4.24. The largest absolute Gasteiger partial charge is 0.309 e. The van der Waals surface area contributed by atoms with Crippen LogP contribution in [0, 0.1) is 11.3 Å². The summed E-state index contributed by atoms with van der Waals surface area (Å²) in [4.78, 5) is 17.2. The van der Waals surface area contributed by atoms with Crippen LogP contribution in [0.15, 0.2) is 71.6 Å². The summed E-state index contributed by atoms with van der Waals surface area (Å²) in [5.74, 6) is -0.268. The summed E-state index contributed by atoms with van der Waals surface area (Å²) in [5.41, 5.74) is 1.82. The van der Waals surface area contributed by atoms with Crippen molar-refractivity contribution in [1.82, 2.24) is 0 Å². The summed E-state index contributed by atoms with van der Waals surface area (Å²) in [6, 6.07) is 22.7. The molecule has 0 aliphatic rings. The first-order valence-electron chi connectivity index (χ1n) is 9.81. The molecule has 4 heteroatoms. The van der Waals surface area contributed by atoms with Crippen LogP contribution < -0.4 is 0 Å². The molecule has 0 saturated heterocycles. The van der Waals surface area contributed by atoms with Gasteiger partial charge in [-0.1, -0.05) is 49.4 Å². The van der Waals surface area contributed by atoms with Gasteiger partial charge in [0.25, 0.3) is 0 Å². The van der Waals surface area contributed by atoms with Gasteiger partial charge in [0.15, 0.2) is 5.78 Å². The van der Waals surface area contributed by atoms with Crippen LogP contribution in [0.25, 0.3) is 10.4 Å². The Balaban J connectivity index is 2.12. The zero-order chi connectivity index (χ0) is 21.0. The quantitative estimate of drug-likeness (QED) is 0.312. The van der Waals surface area contributed by atoms with E-state index in [1.165, 1.54) is 10.5 Å². The fourth-order valence-corrected chi connectivity index (χ4v) is 5.39. The van der Waals surface area contributed by atoms with E-state index in [9.17, 15) is 4.79 Å². The first-order chi connectivity index (χ1) is 13.9. The van der Waals surface area contributed by atoms with Gasteiger partial charge in [0.2, 0.25) is 0 Å². The highest BCUT2D eigenvalue weighted by Gasteiger charge is 2.42. The molecule has 2 aromatic carbocycles. The van der Waals surface area contributed by atoms with E-state index in [1.807, 2.05) is 44.2 Å². The number of thioether (sulfide) groups is 1. The van der Waals surface area contributed by atoms with Crippen LogP contribution in [-0.2, 0) is 10.2 Å². The molecule has 0 aliphatic heterocycles. The second kappa shape index (κ2) is 9.10. The van der Waals surface area contributed by atoms with Gasteiger partial charge in [-0.25, -0.2) is 0 Å². The number of hydrogen-bond acceptors (Lipinski definition) is 4. The molecule has 1 heterocycles. The van der Waals surface area contributed by atoms with Gasteiger partial charge in [0.1, 0.15) is 0 Å². The molecular formula is C25H27NOS2. The summed E-state index contributed by atoms with van der Waals surface area (Å²) < 4.78 is 0. The van der Waals surface area contributed by atoms with E-state index in [1.54, 1.807) is 30.0 Å². The highest BCUT2D eigenvalue weighted by atomic mass is 32.2. The lowest BCUT2D eigenvalue weighted by Gasteiger charge is -2.31. The van der Waals surface area contributed by atoms with Crippen LogP contribution in [-0.4, -0.2) is 17.8 Å². The minimum absolute atomic E-state index is 0.102. The summed E-state index contributed by atoms with van der Waals surface area (Å²) in [6.45, 7) is 5.75. The van der Waals surface area contributed by atoms with Crippen LogP contribution in [0.2, 0.25) is 0 Å². The van der Waals surface area contributed by atoms with Crippen molar-refractivity contribution in [3.05, 3.63) is 77.2 Å². The van der Waals surface area contributed by atoms with E-state index < -0.39 is 5.41 Å². The molecule has 2 atom stereocenters. The average Bonchev–Trinajstić information content (AvgIpc) is 3.25. The molecule has 1 N–H and O–H groups in total. The summed E-state index contributed by atoms with van der Waals surface area (Å²) >= 11 is 3.40. The minimum atomic E-state index is -0.774. The Bertz CT molecular complexity index is 1010. The second-order valence-electron chi connectivity index (χ2n) is 7.39. The Morgan fingerprint density at radius 3 is 2.45 bits per heavy atom. The average molecular weight is 422 g/mol. The Hall–Kier alpha value is -2.17. The molecule has 0 saturated carbocycles. The van der Waals surface area contributed by atoms with E-state index in [-0.39, 0.29) is 11.7 Å². The van der Waals surface area contributed by atoms with Crippen LogP contribution in [0.5, 0.6) is 0 Å². The van der Waals surface area contributed by atoms with E-state index >= 15 is 0 Å². The first-order valence-corrected chi connectivity index (χ1v) is 11.9. The molecule has 29 heavy (non-hydrogen) atoms. The zero-order valence-electron chi connectivity index (χ0n) is 17.4. The smallest absolute Gasteiger partial charge is 0.156 e. The Kier molecular flexibility index (Phi) is 6.76. The number of hydrogen-bond donors (Lipinski definition) is 1. The number of rotatable bonds is 8. The number of carbonyl (C=O) groups is 1. The van der Waals surface area contributed by atoms with Crippen molar-refractivity contribution >= 4 is 34.6 Å². The van der Waals surface area contributed by atoms with Crippen LogP contribution in [0.1, 0.15) is 37.6 Å². The maximum absolute atomic E-state index is 13.7. The topological polar surface area (TPSA) is 40.9 Å². The number of carbonyl (C=O) groups excluding carboxylic acids is 1. The highest BCUT2D eigenvalue weighted by molar-refractivity contribution is 7.98. The standard InChI is InChI=1S/C25H27NOS2/c1-5-21(17(2)26)24(27)25(3,19-11-7-6-8-12-19)23-15-14-22(29-23)18-10-9-13-20(16-18)28-4/h6-16,21,26H,5H2,1-4H3. The molecule has 0 spiro atoms. The molecule has 0 bridgehead atoms. The van der Waals surface area contributed by atoms with Crippen molar-refractivity contribution in [3.8, 4) is 10.4 Å². The molecule has 1 aromatic heterocycles. The fourth-order valence-electron chi connectivity index (χ4n) is 3.75. The summed E-state index contributed by atoms with van der Waals surface area (Å²) in [7, 11) is 0. The van der Waals surface area contributed by atoms with Crippen molar-refractivity contribution < 1.29 is 4.79 Å². The van der Waals surface area contributed by atoms with Gasteiger partial charge in [-0.2, -0.15) is 0 Å². The van der Waals surface area contributed by atoms with Gasteiger partial charge in [0, 0.05) is 20.4 Å². The van der Waals surface area contributed by atoms with E-state index in [0.717, 1.165) is 15.3 Å². The lowest BCUT2D eigenvalue weighted by Crippen LogP contribution is -2.40. The Morgan fingerprint density at radius 1 is 1.10 bits per heavy atom. The first kappa shape index (κ1) is 21.5. The Morgan fingerprint density at radius 2 is 1.83 bits per heavy atom. The molecule has 0 fully saturated rings. The number of ketones is 1. The van der Waals surface area contributed by atoms with E-state index in [4.69, 9.17) is 5.41 Å². The molecule has 2 nitrogen and oxygen atoms in total. The summed E-state index contributed by atoms with van der Waals surface area (Å²) in [5, 5.41) is 8.15. The molecule has 0 amide bonds. The highest BCUT2D eigenvalue weighted by Crippen LogP contribution is 2.42. The fraction of sp³-hybridized carbons (Fsp3) is 0.280. The predicted molar refractivity (Wildman–Crippen MR) is 127 cm³/mol. The van der Waals surface area contributed by atoms with Crippen molar-refractivity contribution in [2.45, 2.75) is 37.5 Å². The number of benzene rings is 2. The van der Waals surface area contributed by atoms with Crippen molar-refractivity contribution in [2.24, 2.45) is 5.92 Å². The van der Waals surface area contributed by atoms with Crippen molar-refractivity contribution in [2.75, 3.05) is 6.26 Å². The molecule has 3 aromatic rings. The maximum Gasteiger partial charge on any atom is 0.156 e. The van der Waals surface area contributed by atoms with E-state index in [2.05, 4.69) is 42.7 Å². The maximum atomic E-state index is 13.7. The second-order valence-corrected chi connectivity index (χ2v) is 9.36. The minimum Gasteiger partial charge on any atom is -0.309 e.